The lowest BCUT2D eigenvalue weighted by Crippen LogP contribution is -2.45. The second-order valence-electron chi connectivity index (χ2n) is 7.53. The summed E-state index contributed by atoms with van der Waals surface area (Å²) in [4.78, 5) is 28.9. The molecular weight excluding hydrogens is 348 g/mol. The van der Waals surface area contributed by atoms with Crippen LogP contribution in [0, 0.1) is 13.8 Å². The van der Waals surface area contributed by atoms with Crippen LogP contribution in [-0.4, -0.2) is 78.8 Å². The number of ether oxygens (including phenoxy) is 1. The molecule has 2 fully saturated rings. The van der Waals surface area contributed by atoms with Gasteiger partial charge in [0.15, 0.2) is 0 Å². The number of hydrogen-bond acceptors (Lipinski definition) is 6. The molecule has 3 heterocycles. The Morgan fingerprint density at radius 2 is 1.89 bits per heavy atom. The highest BCUT2D eigenvalue weighted by Gasteiger charge is 2.33. The molecule has 1 N–H and O–H groups in total. The summed E-state index contributed by atoms with van der Waals surface area (Å²) in [7, 11) is 2.05. The summed E-state index contributed by atoms with van der Waals surface area (Å²) >= 11 is 0. The maximum Gasteiger partial charge on any atom is 0.224 e. The molecule has 0 unspecified atom stereocenters. The second-order valence-corrected chi connectivity index (χ2v) is 7.53. The van der Waals surface area contributed by atoms with E-state index in [4.69, 9.17) is 9.26 Å². The van der Waals surface area contributed by atoms with E-state index < -0.39 is 0 Å². The summed E-state index contributed by atoms with van der Waals surface area (Å²) in [6.45, 7) is 6.91. The van der Waals surface area contributed by atoms with Crippen LogP contribution in [0.3, 0.4) is 0 Å². The molecule has 150 valence electrons. The smallest absolute Gasteiger partial charge is 0.224 e. The summed E-state index contributed by atoms with van der Waals surface area (Å²) in [5.41, 5.74) is 1.63. The number of likely N-dealkylation sites (tertiary alicyclic amines) is 1. The average molecular weight is 378 g/mol. The lowest BCUT2D eigenvalue weighted by atomic mass is 10.1. The van der Waals surface area contributed by atoms with E-state index in [2.05, 4.69) is 22.4 Å². The first-order valence-corrected chi connectivity index (χ1v) is 9.71. The molecule has 2 aliphatic rings. The van der Waals surface area contributed by atoms with Crippen LogP contribution < -0.4 is 5.32 Å². The Balaban J connectivity index is 1.43. The fourth-order valence-corrected chi connectivity index (χ4v) is 3.93. The molecule has 0 aromatic carbocycles. The van der Waals surface area contributed by atoms with E-state index in [0.717, 1.165) is 24.1 Å². The molecule has 0 aliphatic carbocycles. The van der Waals surface area contributed by atoms with Crippen molar-refractivity contribution in [3.05, 3.63) is 17.0 Å². The monoisotopic (exact) mass is 378 g/mol. The van der Waals surface area contributed by atoms with Crippen molar-refractivity contribution in [1.82, 2.24) is 20.3 Å². The topological polar surface area (TPSA) is 87.9 Å². The number of amides is 2. The van der Waals surface area contributed by atoms with Crippen molar-refractivity contribution in [3.63, 3.8) is 0 Å². The van der Waals surface area contributed by atoms with Crippen molar-refractivity contribution >= 4 is 11.8 Å². The van der Waals surface area contributed by atoms with Crippen LogP contribution in [0.15, 0.2) is 4.52 Å². The summed E-state index contributed by atoms with van der Waals surface area (Å²) in [5, 5.41) is 6.91. The van der Waals surface area contributed by atoms with Crippen molar-refractivity contribution in [2.75, 3.05) is 39.9 Å². The molecule has 0 saturated carbocycles. The minimum Gasteiger partial charge on any atom is -0.378 e. The van der Waals surface area contributed by atoms with Gasteiger partial charge in [-0.3, -0.25) is 14.5 Å². The fraction of sp³-hybridized carbons (Fsp3) is 0.737. The molecule has 2 amide bonds. The molecule has 8 heteroatoms. The number of nitrogens with zero attached hydrogens (tertiary/aromatic N) is 3. The minimum atomic E-state index is -0.0226. The maximum absolute atomic E-state index is 12.5. The molecule has 2 atom stereocenters. The number of nitrogens with one attached hydrogen (secondary N) is 1. The number of morpholine rings is 1. The third kappa shape index (κ3) is 4.87. The first-order chi connectivity index (χ1) is 13.0. The maximum atomic E-state index is 12.5. The predicted molar refractivity (Wildman–Crippen MR) is 99.3 cm³/mol. The van der Waals surface area contributed by atoms with Gasteiger partial charge in [0.25, 0.3) is 0 Å². The van der Waals surface area contributed by atoms with E-state index in [0.29, 0.717) is 45.0 Å². The molecular formula is C19H30N4O4. The Morgan fingerprint density at radius 3 is 2.56 bits per heavy atom. The van der Waals surface area contributed by atoms with Crippen molar-refractivity contribution in [2.45, 2.75) is 51.6 Å². The number of carbonyl (C=O) groups excluding carboxylic acids is 2. The van der Waals surface area contributed by atoms with Gasteiger partial charge in [-0.15, -0.1) is 0 Å². The molecule has 27 heavy (non-hydrogen) atoms. The largest absolute Gasteiger partial charge is 0.378 e. The first kappa shape index (κ1) is 19.8. The first-order valence-electron chi connectivity index (χ1n) is 9.71. The highest BCUT2D eigenvalue weighted by Crippen LogP contribution is 2.25. The molecule has 2 saturated heterocycles. The number of hydrogen-bond donors (Lipinski definition) is 1. The molecule has 0 bridgehead atoms. The van der Waals surface area contributed by atoms with E-state index >= 15 is 0 Å². The molecule has 0 spiro atoms. The zero-order valence-electron chi connectivity index (χ0n) is 16.5. The molecule has 0 radical (unpaired) electrons. The van der Waals surface area contributed by atoms with Crippen LogP contribution >= 0.6 is 0 Å². The highest BCUT2D eigenvalue weighted by molar-refractivity contribution is 5.79. The van der Waals surface area contributed by atoms with Gasteiger partial charge >= 0.3 is 0 Å². The van der Waals surface area contributed by atoms with Gasteiger partial charge in [-0.25, -0.2) is 0 Å². The zero-order valence-corrected chi connectivity index (χ0v) is 16.5. The summed E-state index contributed by atoms with van der Waals surface area (Å²) < 4.78 is 10.4. The number of carbonyl (C=O) groups is 2. The summed E-state index contributed by atoms with van der Waals surface area (Å²) in [5.74, 6) is 0.881. The Labute approximate surface area is 160 Å². The van der Waals surface area contributed by atoms with Crippen molar-refractivity contribution in [1.29, 1.82) is 0 Å². The molecule has 2 aliphatic heterocycles. The van der Waals surface area contributed by atoms with E-state index in [1.165, 1.54) is 0 Å². The quantitative estimate of drug-likeness (QED) is 0.783. The normalized spacial score (nSPS) is 23.6. The van der Waals surface area contributed by atoms with Gasteiger partial charge in [0.2, 0.25) is 11.8 Å². The zero-order chi connectivity index (χ0) is 19.4. The standard InChI is InChI=1S/C19H30N4O4/c1-13-17(14(2)27-21-13)11-18(24)20-12-16-5-4-15(22(16)3)10-19(25)23-6-8-26-9-7-23/h15-16H,4-12H2,1-3H3,(H,20,24)/t15-,16+/m1/s1. The Morgan fingerprint density at radius 1 is 1.19 bits per heavy atom. The van der Waals surface area contributed by atoms with E-state index in [-0.39, 0.29) is 30.3 Å². The van der Waals surface area contributed by atoms with Gasteiger partial charge in [-0.2, -0.15) is 0 Å². The minimum absolute atomic E-state index is 0.0226. The number of aromatic nitrogens is 1. The molecule has 3 rings (SSSR count). The average Bonchev–Trinajstić information content (AvgIpc) is 3.17. The van der Waals surface area contributed by atoms with Crippen molar-refractivity contribution in [3.8, 4) is 0 Å². The highest BCUT2D eigenvalue weighted by atomic mass is 16.5. The molecule has 1 aromatic heterocycles. The van der Waals surface area contributed by atoms with E-state index in [1.807, 2.05) is 18.7 Å². The summed E-state index contributed by atoms with van der Waals surface area (Å²) in [6, 6.07) is 0.505. The number of aryl methyl sites for hydroxylation is 2. The van der Waals surface area contributed by atoms with Crippen LogP contribution in [0.2, 0.25) is 0 Å². The lowest BCUT2D eigenvalue weighted by molar-refractivity contribution is -0.136. The van der Waals surface area contributed by atoms with Crippen LogP contribution in [0.5, 0.6) is 0 Å². The van der Waals surface area contributed by atoms with Crippen LogP contribution in [0.25, 0.3) is 0 Å². The Hall–Kier alpha value is -1.93. The van der Waals surface area contributed by atoms with Gasteiger partial charge in [-0.05, 0) is 33.7 Å². The second kappa shape index (κ2) is 8.84. The van der Waals surface area contributed by atoms with Gasteiger partial charge in [0, 0.05) is 43.7 Å². The van der Waals surface area contributed by atoms with Gasteiger partial charge < -0.3 is 19.5 Å². The lowest BCUT2D eigenvalue weighted by Gasteiger charge is -2.30. The number of likely N-dealkylation sites (N-methyl/N-ethyl adjacent to an activating group) is 1. The van der Waals surface area contributed by atoms with Crippen LogP contribution in [-0.2, 0) is 20.7 Å². The van der Waals surface area contributed by atoms with Gasteiger partial charge in [-0.1, -0.05) is 5.16 Å². The Bertz CT molecular complexity index is 649. The molecule has 8 nitrogen and oxygen atoms in total. The van der Waals surface area contributed by atoms with Gasteiger partial charge in [0.1, 0.15) is 5.76 Å². The summed E-state index contributed by atoms with van der Waals surface area (Å²) in [6.07, 6.45) is 2.80. The third-order valence-corrected chi connectivity index (χ3v) is 5.81. The Kier molecular flexibility index (Phi) is 6.49. The van der Waals surface area contributed by atoms with Crippen LogP contribution in [0.1, 0.15) is 36.3 Å². The molecule has 1 aromatic rings. The van der Waals surface area contributed by atoms with Crippen molar-refractivity contribution in [2.24, 2.45) is 0 Å². The number of rotatable bonds is 6. The fourth-order valence-electron chi connectivity index (χ4n) is 3.93. The van der Waals surface area contributed by atoms with E-state index in [1.54, 1.807) is 0 Å². The third-order valence-electron chi connectivity index (χ3n) is 5.81. The van der Waals surface area contributed by atoms with Crippen LogP contribution in [0.4, 0.5) is 0 Å². The predicted octanol–water partition coefficient (Wildman–Crippen LogP) is 0.662. The van der Waals surface area contributed by atoms with E-state index in [9.17, 15) is 9.59 Å². The van der Waals surface area contributed by atoms with Gasteiger partial charge in [0.05, 0.1) is 25.3 Å². The van der Waals surface area contributed by atoms with Crippen molar-refractivity contribution < 1.29 is 18.8 Å². The SMILES string of the molecule is Cc1noc(C)c1CC(=O)NC[C@@H]1CC[C@H](CC(=O)N2CCOCC2)N1C.